The molecule has 0 aliphatic heterocycles. The first-order chi connectivity index (χ1) is 9.13. The molecule has 0 radical (unpaired) electrons. The fraction of sp³-hybridized carbons (Fsp3) is 0.0667. The van der Waals surface area contributed by atoms with E-state index in [1.807, 2.05) is 19.1 Å². The standard InChI is InChI=1S/C15H11ClN2O/c1-9-2-4-10(5-3-9)14(19)15-17-12-7-6-11(16)8-13(12)18-15/h2-8H,1H3,(H,17,18). The molecule has 0 saturated heterocycles. The zero-order valence-corrected chi connectivity index (χ0v) is 11.0. The number of ketones is 1. The van der Waals surface area contributed by atoms with Crippen molar-refractivity contribution in [2.45, 2.75) is 6.92 Å². The molecule has 4 heteroatoms. The number of H-pyrrole nitrogens is 1. The number of aromatic nitrogens is 2. The molecule has 2 aromatic carbocycles. The van der Waals surface area contributed by atoms with Crippen molar-refractivity contribution in [3.63, 3.8) is 0 Å². The first-order valence-corrected chi connectivity index (χ1v) is 6.28. The van der Waals surface area contributed by atoms with Crippen LogP contribution in [0, 0.1) is 6.92 Å². The average molecular weight is 271 g/mol. The summed E-state index contributed by atoms with van der Waals surface area (Å²) in [5.74, 6) is 0.216. The minimum Gasteiger partial charge on any atom is -0.335 e. The van der Waals surface area contributed by atoms with Crippen LogP contribution in [0.5, 0.6) is 0 Å². The molecule has 0 saturated carbocycles. The van der Waals surface area contributed by atoms with Crippen LogP contribution < -0.4 is 0 Å². The molecular weight excluding hydrogens is 260 g/mol. The summed E-state index contributed by atoms with van der Waals surface area (Å²) in [4.78, 5) is 19.6. The number of halogens is 1. The molecular formula is C15H11ClN2O. The maximum Gasteiger partial charge on any atom is 0.228 e. The zero-order chi connectivity index (χ0) is 13.4. The lowest BCUT2D eigenvalue weighted by atomic mass is 10.1. The molecule has 0 bridgehead atoms. The Bertz CT molecular complexity index is 759. The van der Waals surface area contributed by atoms with Gasteiger partial charge in [0.25, 0.3) is 0 Å². The number of hydrogen-bond donors (Lipinski definition) is 1. The van der Waals surface area contributed by atoms with Crippen LogP contribution in [0.15, 0.2) is 42.5 Å². The summed E-state index contributed by atoms with van der Waals surface area (Å²) in [6.45, 7) is 1.98. The monoisotopic (exact) mass is 270 g/mol. The third-order valence-electron chi connectivity index (χ3n) is 2.97. The van der Waals surface area contributed by atoms with Crippen molar-refractivity contribution in [1.29, 1.82) is 0 Å². The van der Waals surface area contributed by atoms with E-state index in [1.165, 1.54) is 0 Å². The van der Waals surface area contributed by atoms with Gasteiger partial charge in [-0.25, -0.2) is 4.98 Å². The third kappa shape index (κ3) is 2.25. The minimum atomic E-state index is -0.118. The van der Waals surface area contributed by atoms with Crippen LogP contribution in [0.3, 0.4) is 0 Å². The fourth-order valence-corrected chi connectivity index (χ4v) is 2.10. The first kappa shape index (κ1) is 11.9. The number of hydrogen-bond acceptors (Lipinski definition) is 2. The second-order valence-corrected chi connectivity index (χ2v) is 4.88. The first-order valence-electron chi connectivity index (χ1n) is 5.90. The SMILES string of the molecule is Cc1ccc(C(=O)c2nc3ccc(Cl)cc3[nH]2)cc1. The van der Waals surface area contributed by atoms with Gasteiger partial charge in [-0.2, -0.15) is 0 Å². The summed E-state index contributed by atoms with van der Waals surface area (Å²) in [7, 11) is 0. The van der Waals surface area contributed by atoms with Crippen LogP contribution in [-0.4, -0.2) is 15.8 Å². The summed E-state index contributed by atoms with van der Waals surface area (Å²) in [5.41, 5.74) is 3.24. The van der Waals surface area contributed by atoms with Crippen LogP contribution in [-0.2, 0) is 0 Å². The number of carbonyl (C=O) groups is 1. The van der Waals surface area contributed by atoms with E-state index in [9.17, 15) is 4.79 Å². The van der Waals surface area contributed by atoms with E-state index >= 15 is 0 Å². The highest BCUT2D eigenvalue weighted by Gasteiger charge is 2.13. The molecule has 3 rings (SSSR count). The quantitative estimate of drug-likeness (QED) is 0.721. The van der Waals surface area contributed by atoms with Gasteiger partial charge in [-0.15, -0.1) is 0 Å². The number of aryl methyl sites for hydroxylation is 1. The molecule has 94 valence electrons. The van der Waals surface area contributed by atoms with Gasteiger partial charge in [0.05, 0.1) is 11.0 Å². The van der Waals surface area contributed by atoms with Gasteiger partial charge in [-0.3, -0.25) is 4.79 Å². The molecule has 1 aromatic heterocycles. The molecule has 19 heavy (non-hydrogen) atoms. The molecule has 0 fully saturated rings. The molecule has 1 heterocycles. The fourth-order valence-electron chi connectivity index (χ4n) is 1.93. The van der Waals surface area contributed by atoms with Crippen molar-refractivity contribution in [3.05, 3.63) is 64.4 Å². The highest BCUT2D eigenvalue weighted by Crippen LogP contribution is 2.18. The van der Waals surface area contributed by atoms with E-state index in [0.717, 1.165) is 16.6 Å². The van der Waals surface area contributed by atoms with Gasteiger partial charge in [0, 0.05) is 10.6 Å². The second kappa shape index (κ2) is 4.52. The number of rotatable bonds is 2. The van der Waals surface area contributed by atoms with Crippen molar-refractivity contribution < 1.29 is 4.79 Å². The lowest BCUT2D eigenvalue weighted by Gasteiger charge is -1.97. The number of benzene rings is 2. The van der Waals surface area contributed by atoms with Crippen molar-refractivity contribution >= 4 is 28.4 Å². The average Bonchev–Trinajstić information content (AvgIpc) is 2.81. The van der Waals surface area contributed by atoms with E-state index in [2.05, 4.69) is 9.97 Å². The Hall–Kier alpha value is -2.13. The van der Waals surface area contributed by atoms with E-state index in [0.29, 0.717) is 16.4 Å². The summed E-state index contributed by atoms with van der Waals surface area (Å²) in [5, 5.41) is 0.616. The molecule has 0 aliphatic rings. The Labute approximate surface area is 115 Å². The zero-order valence-electron chi connectivity index (χ0n) is 10.3. The summed E-state index contributed by atoms with van der Waals surface area (Å²) in [6.07, 6.45) is 0. The number of imidazole rings is 1. The van der Waals surface area contributed by atoms with Gasteiger partial charge in [0.1, 0.15) is 0 Å². The van der Waals surface area contributed by atoms with E-state index in [4.69, 9.17) is 11.6 Å². The number of carbonyl (C=O) groups excluding carboxylic acids is 1. The van der Waals surface area contributed by atoms with Crippen LogP contribution in [0.1, 0.15) is 21.7 Å². The van der Waals surface area contributed by atoms with Gasteiger partial charge in [0.2, 0.25) is 5.78 Å². The van der Waals surface area contributed by atoms with Crippen LogP contribution >= 0.6 is 11.6 Å². The Kier molecular flexibility index (Phi) is 2.84. The van der Waals surface area contributed by atoms with Gasteiger partial charge in [-0.1, -0.05) is 41.4 Å². The van der Waals surface area contributed by atoms with E-state index < -0.39 is 0 Å². The molecule has 0 amide bonds. The van der Waals surface area contributed by atoms with Crippen LogP contribution in [0.25, 0.3) is 11.0 Å². The van der Waals surface area contributed by atoms with Gasteiger partial charge >= 0.3 is 0 Å². The summed E-state index contributed by atoms with van der Waals surface area (Å²) >= 11 is 5.91. The van der Waals surface area contributed by atoms with Crippen molar-refractivity contribution in [3.8, 4) is 0 Å². The normalized spacial score (nSPS) is 10.8. The maximum atomic E-state index is 12.3. The number of nitrogens with one attached hydrogen (secondary N) is 1. The lowest BCUT2D eigenvalue weighted by molar-refractivity contribution is 0.103. The van der Waals surface area contributed by atoms with E-state index in [-0.39, 0.29) is 5.78 Å². The van der Waals surface area contributed by atoms with Gasteiger partial charge in [0.15, 0.2) is 5.82 Å². The van der Waals surface area contributed by atoms with E-state index in [1.54, 1.807) is 30.3 Å². The second-order valence-electron chi connectivity index (χ2n) is 4.44. The Morgan fingerprint density at radius 2 is 1.89 bits per heavy atom. The smallest absolute Gasteiger partial charge is 0.228 e. The molecule has 0 aliphatic carbocycles. The Morgan fingerprint density at radius 3 is 2.63 bits per heavy atom. The van der Waals surface area contributed by atoms with Gasteiger partial charge < -0.3 is 4.98 Å². The summed E-state index contributed by atoms with van der Waals surface area (Å²) in [6, 6.07) is 12.7. The summed E-state index contributed by atoms with van der Waals surface area (Å²) < 4.78 is 0. The maximum absolute atomic E-state index is 12.3. The predicted octanol–water partition coefficient (Wildman–Crippen LogP) is 3.76. The molecule has 3 aromatic rings. The largest absolute Gasteiger partial charge is 0.335 e. The Morgan fingerprint density at radius 1 is 1.16 bits per heavy atom. The lowest BCUT2D eigenvalue weighted by Crippen LogP contribution is -2.03. The Balaban J connectivity index is 2.04. The highest BCUT2D eigenvalue weighted by molar-refractivity contribution is 6.31. The topological polar surface area (TPSA) is 45.8 Å². The molecule has 1 N–H and O–H groups in total. The van der Waals surface area contributed by atoms with Crippen molar-refractivity contribution in [2.24, 2.45) is 0 Å². The number of aromatic amines is 1. The predicted molar refractivity (Wildman–Crippen MR) is 75.7 cm³/mol. The third-order valence-corrected chi connectivity index (χ3v) is 3.21. The molecule has 3 nitrogen and oxygen atoms in total. The highest BCUT2D eigenvalue weighted by atomic mass is 35.5. The van der Waals surface area contributed by atoms with Crippen LogP contribution in [0.2, 0.25) is 5.02 Å². The number of fused-ring (bicyclic) bond motifs is 1. The van der Waals surface area contributed by atoms with Crippen molar-refractivity contribution in [1.82, 2.24) is 9.97 Å². The molecule has 0 spiro atoms. The molecule has 0 atom stereocenters. The van der Waals surface area contributed by atoms with Crippen molar-refractivity contribution in [2.75, 3.05) is 0 Å². The minimum absolute atomic E-state index is 0.118. The number of nitrogens with zero attached hydrogens (tertiary/aromatic N) is 1. The van der Waals surface area contributed by atoms with Gasteiger partial charge in [-0.05, 0) is 25.1 Å². The molecule has 0 unspecified atom stereocenters. The van der Waals surface area contributed by atoms with Crippen LogP contribution in [0.4, 0.5) is 0 Å².